The number of nitrogens with one attached hydrogen (secondary N) is 2. The lowest BCUT2D eigenvalue weighted by Crippen LogP contribution is -2.40. The summed E-state index contributed by atoms with van der Waals surface area (Å²) in [6, 6.07) is 4.64. The van der Waals surface area contributed by atoms with Crippen molar-refractivity contribution >= 4 is 41.0 Å². The fourth-order valence-electron chi connectivity index (χ4n) is 1.11. The van der Waals surface area contributed by atoms with E-state index in [1.807, 2.05) is 0 Å². The molecule has 0 heterocycles. The molecule has 0 saturated carbocycles. The van der Waals surface area contributed by atoms with E-state index in [1.165, 1.54) is 11.8 Å². The van der Waals surface area contributed by atoms with E-state index in [4.69, 9.17) is 17.3 Å². The summed E-state index contributed by atoms with van der Waals surface area (Å²) in [4.78, 5) is 23.3. The van der Waals surface area contributed by atoms with E-state index in [9.17, 15) is 9.59 Å². The van der Waals surface area contributed by atoms with Crippen LogP contribution in [0.2, 0.25) is 5.02 Å². The van der Waals surface area contributed by atoms with Gasteiger partial charge in [0, 0.05) is 11.4 Å². The van der Waals surface area contributed by atoms with Crippen LogP contribution < -0.4 is 16.4 Å². The summed E-state index contributed by atoms with van der Waals surface area (Å²) < 4.78 is 0. The van der Waals surface area contributed by atoms with Crippen LogP contribution in [0.25, 0.3) is 0 Å². The van der Waals surface area contributed by atoms with Crippen molar-refractivity contribution in [3.63, 3.8) is 0 Å². The zero-order valence-electron chi connectivity index (χ0n) is 9.83. The third-order valence-electron chi connectivity index (χ3n) is 1.93. The van der Waals surface area contributed by atoms with Gasteiger partial charge >= 0.3 is 6.03 Å². The summed E-state index contributed by atoms with van der Waals surface area (Å²) in [5, 5.41) is 5.13. The van der Waals surface area contributed by atoms with Crippen LogP contribution in [0.3, 0.4) is 0 Å². The molecule has 98 valence electrons. The third kappa shape index (κ3) is 4.85. The van der Waals surface area contributed by atoms with Crippen molar-refractivity contribution < 1.29 is 9.59 Å². The summed E-state index contributed by atoms with van der Waals surface area (Å²) in [5.41, 5.74) is 6.06. The second kappa shape index (κ2) is 7.13. The Morgan fingerprint density at radius 3 is 2.78 bits per heavy atom. The number of nitrogens with two attached hydrogens (primary N) is 1. The van der Waals surface area contributed by atoms with Gasteiger partial charge in [-0.25, -0.2) is 4.79 Å². The highest BCUT2D eigenvalue weighted by Gasteiger charge is 2.07. The van der Waals surface area contributed by atoms with Crippen LogP contribution in [0.5, 0.6) is 0 Å². The van der Waals surface area contributed by atoms with Crippen molar-refractivity contribution in [2.24, 2.45) is 0 Å². The highest BCUT2D eigenvalue weighted by molar-refractivity contribution is 8.00. The number of thioether (sulfide) groups is 1. The molecule has 1 rings (SSSR count). The maximum atomic E-state index is 11.4. The molecule has 0 atom stereocenters. The summed E-state index contributed by atoms with van der Waals surface area (Å²) >= 11 is 7.13. The van der Waals surface area contributed by atoms with Gasteiger partial charge < -0.3 is 11.1 Å². The Kier molecular flexibility index (Phi) is 5.80. The van der Waals surface area contributed by atoms with Gasteiger partial charge in [-0.2, -0.15) is 0 Å². The minimum absolute atomic E-state index is 0.136. The fraction of sp³-hybridized carbons (Fsp3) is 0.273. The summed E-state index contributed by atoms with van der Waals surface area (Å²) in [7, 11) is 0. The fourth-order valence-corrected chi connectivity index (χ4v) is 2.09. The molecule has 0 aliphatic carbocycles. The van der Waals surface area contributed by atoms with E-state index in [0.29, 0.717) is 17.3 Å². The van der Waals surface area contributed by atoms with Gasteiger partial charge in [0.05, 0.1) is 16.5 Å². The Balaban J connectivity index is 2.42. The van der Waals surface area contributed by atoms with Gasteiger partial charge in [0.15, 0.2) is 0 Å². The molecule has 7 heteroatoms. The Bertz CT molecular complexity index is 454. The van der Waals surface area contributed by atoms with Crippen LogP contribution in [0.4, 0.5) is 10.5 Å². The minimum Gasteiger partial charge on any atom is -0.398 e. The molecule has 0 spiro atoms. The SMILES string of the molecule is CCNC(=O)NC(=O)CSc1ccc(N)c(Cl)c1. The van der Waals surface area contributed by atoms with Gasteiger partial charge in [0.1, 0.15) is 0 Å². The van der Waals surface area contributed by atoms with Crippen molar-refractivity contribution in [2.75, 3.05) is 18.0 Å². The number of imide groups is 1. The first kappa shape index (κ1) is 14.7. The van der Waals surface area contributed by atoms with Gasteiger partial charge in [-0.05, 0) is 25.1 Å². The monoisotopic (exact) mass is 287 g/mol. The zero-order valence-corrected chi connectivity index (χ0v) is 11.4. The Hall–Kier alpha value is -1.40. The van der Waals surface area contributed by atoms with Crippen LogP contribution in [0.15, 0.2) is 23.1 Å². The molecular formula is C11H14ClN3O2S. The van der Waals surface area contributed by atoms with Gasteiger partial charge in [-0.3, -0.25) is 10.1 Å². The smallest absolute Gasteiger partial charge is 0.321 e. The quantitative estimate of drug-likeness (QED) is 0.583. The largest absolute Gasteiger partial charge is 0.398 e. The topological polar surface area (TPSA) is 84.2 Å². The van der Waals surface area contributed by atoms with Crippen molar-refractivity contribution in [1.29, 1.82) is 0 Å². The third-order valence-corrected chi connectivity index (χ3v) is 3.25. The number of carbonyl (C=O) groups is 2. The number of nitrogen functional groups attached to an aromatic ring is 1. The molecule has 0 aromatic heterocycles. The average molecular weight is 288 g/mol. The molecular weight excluding hydrogens is 274 g/mol. The van der Waals surface area contributed by atoms with Gasteiger partial charge in [0.25, 0.3) is 0 Å². The maximum absolute atomic E-state index is 11.4. The van der Waals surface area contributed by atoms with E-state index in [1.54, 1.807) is 25.1 Å². The lowest BCUT2D eigenvalue weighted by Gasteiger charge is -2.05. The number of urea groups is 1. The minimum atomic E-state index is -0.488. The summed E-state index contributed by atoms with van der Waals surface area (Å²) in [6.45, 7) is 2.25. The number of carbonyl (C=O) groups excluding carboxylic acids is 2. The van der Waals surface area contributed by atoms with E-state index in [2.05, 4.69) is 10.6 Å². The first-order chi connectivity index (χ1) is 8.52. The second-order valence-electron chi connectivity index (χ2n) is 3.38. The maximum Gasteiger partial charge on any atom is 0.321 e. The molecule has 0 unspecified atom stereocenters. The van der Waals surface area contributed by atoms with Crippen molar-refractivity contribution in [2.45, 2.75) is 11.8 Å². The molecule has 0 bridgehead atoms. The molecule has 3 amide bonds. The molecule has 1 aromatic rings. The average Bonchev–Trinajstić information content (AvgIpc) is 2.31. The van der Waals surface area contributed by atoms with Crippen LogP contribution in [0.1, 0.15) is 6.92 Å². The highest BCUT2D eigenvalue weighted by atomic mass is 35.5. The van der Waals surface area contributed by atoms with E-state index in [0.717, 1.165) is 4.90 Å². The van der Waals surface area contributed by atoms with Crippen LogP contribution >= 0.6 is 23.4 Å². The lowest BCUT2D eigenvalue weighted by atomic mass is 10.3. The standard InChI is InChI=1S/C11H14ClN3O2S/c1-2-14-11(17)15-10(16)6-18-7-3-4-9(13)8(12)5-7/h3-5H,2,6,13H2,1H3,(H2,14,15,16,17). The van der Waals surface area contributed by atoms with Crippen molar-refractivity contribution in [1.82, 2.24) is 10.6 Å². The number of amides is 3. The zero-order chi connectivity index (χ0) is 13.5. The van der Waals surface area contributed by atoms with Crippen molar-refractivity contribution in [3.8, 4) is 0 Å². The van der Waals surface area contributed by atoms with Crippen LogP contribution in [0, 0.1) is 0 Å². The lowest BCUT2D eigenvalue weighted by molar-refractivity contribution is -0.117. The van der Waals surface area contributed by atoms with E-state index >= 15 is 0 Å². The van der Waals surface area contributed by atoms with Gasteiger partial charge in [-0.15, -0.1) is 11.8 Å². The number of hydrogen-bond acceptors (Lipinski definition) is 4. The van der Waals surface area contributed by atoms with Gasteiger partial charge in [0.2, 0.25) is 5.91 Å². The predicted molar refractivity (Wildman–Crippen MR) is 73.8 cm³/mol. The Morgan fingerprint density at radius 1 is 1.44 bits per heavy atom. The summed E-state index contributed by atoms with van der Waals surface area (Å²) in [5.74, 6) is -0.226. The van der Waals surface area contributed by atoms with Crippen LogP contribution in [-0.4, -0.2) is 24.2 Å². The molecule has 0 fully saturated rings. The number of hydrogen-bond donors (Lipinski definition) is 3. The summed E-state index contributed by atoms with van der Waals surface area (Å²) in [6.07, 6.45) is 0. The number of anilines is 1. The first-order valence-electron chi connectivity index (χ1n) is 5.28. The number of rotatable bonds is 4. The molecule has 1 aromatic carbocycles. The molecule has 0 radical (unpaired) electrons. The molecule has 4 N–H and O–H groups in total. The van der Waals surface area contributed by atoms with Crippen LogP contribution in [-0.2, 0) is 4.79 Å². The molecule has 5 nitrogen and oxygen atoms in total. The van der Waals surface area contributed by atoms with Gasteiger partial charge in [-0.1, -0.05) is 11.6 Å². The predicted octanol–water partition coefficient (Wildman–Crippen LogP) is 1.86. The first-order valence-corrected chi connectivity index (χ1v) is 6.64. The normalized spacial score (nSPS) is 9.89. The number of halogens is 1. The Labute approximate surface area is 114 Å². The van der Waals surface area contributed by atoms with E-state index in [-0.39, 0.29) is 11.7 Å². The number of benzene rings is 1. The molecule has 0 aliphatic heterocycles. The molecule has 18 heavy (non-hydrogen) atoms. The molecule has 0 aliphatic rings. The van der Waals surface area contributed by atoms with E-state index < -0.39 is 6.03 Å². The Morgan fingerprint density at radius 2 is 2.17 bits per heavy atom. The van der Waals surface area contributed by atoms with Crippen molar-refractivity contribution in [3.05, 3.63) is 23.2 Å². The second-order valence-corrected chi connectivity index (χ2v) is 4.84. The highest BCUT2D eigenvalue weighted by Crippen LogP contribution is 2.26. The molecule has 0 saturated heterocycles.